The molecule has 0 atom stereocenters. The largest absolute Gasteiger partial charge is 0.480 e. The maximum atomic E-state index is 12.4. The highest BCUT2D eigenvalue weighted by Crippen LogP contribution is 2.32. The molecule has 0 aliphatic heterocycles. The fourth-order valence-electron chi connectivity index (χ4n) is 4.29. The Morgan fingerprint density at radius 3 is 2.35 bits per heavy atom. The number of nitrogens with zero attached hydrogens (tertiary/aromatic N) is 1. The number of hydrogen-bond donors (Lipinski definition) is 2. The minimum absolute atomic E-state index is 0.0232. The maximum Gasteiger partial charge on any atom is 0.317 e. The lowest BCUT2D eigenvalue weighted by molar-refractivity contribution is -0.139. The summed E-state index contributed by atoms with van der Waals surface area (Å²) >= 11 is 0. The quantitative estimate of drug-likeness (QED) is 0.784. The van der Waals surface area contributed by atoms with Gasteiger partial charge >= 0.3 is 5.97 Å². The Morgan fingerprint density at radius 2 is 1.77 bits per heavy atom. The van der Waals surface area contributed by atoms with Gasteiger partial charge in [-0.25, -0.2) is 0 Å². The van der Waals surface area contributed by atoms with Gasteiger partial charge in [0.05, 0.1) is 6.54 Å². The van der Waals surface area contributed by atoms with Gasteiger partial charge in [-0.1, -0.05) is 38.3 Å². The van der Waals surface area contributed by atoms with Crippen LogP contribution in [0, 0.1) is 0 Å². The van der Waals surface area contributed by atoms with E-state index in [-0.39, 0.29) is 24.5 Å². The number of benzene rings is 1. The first-order valence-electron chi connectivity index (χ1n) is 9.93. The maximum absolute atomic E-state index is 12.4. The number of carboxylic acids is 1. The van der Waals surface area contributed by atoms with Crippen LogP contribution in [0.15, 0.2) is 24.3 Å². The fourth-order valence-corrected chi connectivity index (χ4v) is 4.29. The van der Waals surface area contributed by atoms with Crippen LogP contribution in [-0.4, -0.2) is 47.1 Å². The first-order chi connectivity index (χ1) is 12.6. The van der Waals surface area contributed by atoms with E-state index in [0.717, 1.165) is 19.4 Å². The number of likely N-dealkylation sites (N-methyl/N-ethyl adjacent to an activating group) is 1. The number of carbonyl (C=O) groups excluding carboxylic acids is 1. The van der Waals surface area contributed by atoms with Crippen LogP contribution < -0.4 is 5.32 Å². The molecule has 1 aromatic rings. The minimum atomic E-state index is -0.794. The van der Waals surface area contributed by atoms with Gasteiger partial charge in [0, 0.05) is 17.6 Å². The van der Waals surface area contributed by atoms with Crippen LogP contribution in [-0.2, 0) is 4.79 Å². The molecule has 5 nitrogen and oxygen atoms in total. The van der Waals surface area contributed by atoms with Gasteiger partial charge in [0.2, 0.25) is 0 Å². The molecular formula is C21H30N2O3. The Hall–Kier alpha value is -1.88. The van der Waals surface area contributed by atoms with Crippen LogP contribution in [0.25, 0.3) is 0 Å². The molecule has 2 fully saturated rings. The highest BCUT2D eigenvalue weighted by Gasteiger charge is 2.34. The molecule has 0 saturated heterocycles. The highest BCUT2D eigenvalue weighted by atomic mass is 16.4. The lowest BCUT2D eigenvalue weighted by Crippen LogP contribution is -2.54. The van der Waals surface area contributed by atoms with Gasteiger partial charge in [-0.15, -0.1) is 0 Å². The van der Waals surface area contributed by atoms with Gasteiger partial charge < -0.3 is 10.4 Å². The molecule has 26 heavy (non-hydrogen) atoms. The van der Waals surface area contributed by atoms with Crippen molar-refractivity contribution in [3.05, 3.63) is 35.4 Å². The summed E-state index contributed by atoms with van der Waals surface area (Å²) in [6.45, 7) is 2.77. The summed E-state index contributed by atoms with van der Waals surface area (Å²) in [5.74, 6) is -0.162. The molecule has 142 valence electrons. The van der Waals surface area contributed by atoms with Crippen molar-refractivity contribution >= 4 is 11.9 Å². The third-order valence-electron chi connectivity index (χ3n) is 5.96. The lowest BCUT2D eigenvalue weighted by atomic mass is 9.83. The Balaban J connectivity index is 1.47. The first kappa shape index (κ1) is 18.9. The van der Waals surface area contributed by atoms with Crippen molar-refractivity contribution < 1.29 is 14.7 Å². The van der Waals surface area contributed by atoms with Crippen LogP contribution in [0.5, 0.6) is 0 Å². The third-order valence-corrected chi connectivity index (χ3v) is 5.96. The molecule has 0 unspecified atom stereocenters. The zero-order valence-corrected chi connectivity index (χ0v) is 15.6. The third kappa shape index (κ3) is 4.64. The van der Waals surface area contributed by atoms with E-state index in [0.29, 0.717) is 11.5 Å². The van der Waals surface area contributed by atoms with E-state index in [2.05, 4.69) is 17.4 Å². The fraction of sp³-hybridized carbons (Fsp3) is 0.619. The van der Waals surface area contributed by atoms with E-state index in [1.165, 1.54) is 37.7 Å². The first-order valence-corrected chi connectivity index (χ1v) is 9.93. The van der Waals surface area contributed by atoms with E-state index >= 15 is 0 Å². The van der Waals surface area contributed by atoms with Crippen LogP contribution in [0.1, 0.15) is 73.7 Å². The Morgan fingerprint density at radius 1 is 1.12 bits per heavy atom. The number of carboxylic acid groups (broad SMARTS) is 1. The molecule has 1 aromatic carbocycles. The molecule has 0 radical (unpaired) electrons. The van der Waals surface area contributed by atoms with Crippen LogP contribution in [0.4, 0.5) is 0 Å². The van der Waals surface area contributed by atoms with Gasteiger partial charge in [0.1, 0.15) is 0 Å². The monoisotopic (exact) mass is 358 g/mol. The normalized spacial score (nSPS) is 23.5. The van der Waals surface area contributed by atoms with Crippen LogP contribution in [0.3, 0.4) is 0 Å². The second kappa shape index (κ2) is 8.67. The summed E-state index contributed by atoms with van der Waals surface area (Å²) in [7, 11) is 0. The molecule has 2 aliphatic carbocycles. The SMILES string of the molecule is CCN(CC(=O)O)C1CC(NC(=O)c2ccc(C3CCCCC3)cc2)C1. The van der Waals surface area contributed by atoms with Gasteiger partial charge in [-0.3, -0.25) is 14.5 Å². The van der Waals surface area contributed by atoms with Crippen molar-refractivity contribution in [3.63, 3.8) is 0 Å². The summed E-state index contributed by atoms with van der Waals surface area (Å²) in [6, 6.07) is 8.51. The lowest BCUT2D eigenvalue weighted by Gasteiger charge is -2.42. The molecule has 0 spiro atoms. The van der Waals surface area contributed by atoms with E-state index in [1.807, 2.05) is 24.0 Å². The Kier molecular flexibility index (Phi) is 6.30. The van der Waals surface area contributed by atoms with Gasteiger partial charge in [-0.05, 0) is 55.8 Å². The predicted octanol–water partition coefficient (Wildman–Crippen LogP) is 3.40. The van der Waals surface area contributed by atoms with Gasteiger partial charge in [-0.2, -0.15) is 0 Å². The highest BCUT2D eigenvalue weighted by molar-refractivity contribution is 5.94. The zero-order valence-electron chi connectivity index (χ0n) is 15.6. The second-order valence-corrected chi connectivity index (χ2v) is 7.71. The molecule has 0 bridgehead atoms. The zero-order chi connectivity index (χ0) is 18.5. The minimum Gasteiger partial charge on any atom is -0.480 e. The smallest absolute Gasteiger partial charge is 0.317 e. The second-order valence-electron chi connectivity index (χ2n) is 7.71. The van der Waals surface area contributed by atoms with E-state index < -0.39 is 5.97 Å². The molecule has 1 amide bonds. The molecule has 3 rings (SSSR count). The number of hydrogen-bond acceptors (Lipinski definition) is 3. The van der Waals surface area contributed by atoms with Crippen molar-refractivity contribution in [1.82, 2.24) is 10.2 Å². The molecule has 0 aromatic heterocycles. The number of carbonyl (C=O) groups is 2. The van der Waals surface area contributed by atoms with Crippen LogP contribution in [0.2, 0.25) is 0 Å². The van der Waals surface area contributed by atoms with Crippen LogP contribution >= 0.6 is 0 Å². The molecule has 2 saturated carbocycles. The van der Waals surface area contributed by atoms with E-state index in [4.69, 9.17) is 5.11 Å². The Labute approximate surface area is 155 Å². The topological polar surface area (TPSA) is 69.6 Å². The van der Waals surface area contributed by atoms with E-state index in [9.17, 15) is 9.59 Å². The van der Waals surface area contributed by atoms with Crippen molar-refractivity contribution in [2.24, 2.45) is 0 Å². The number of rotatable bonds is 7. The molecular weight excluding hydrogens is 328 g/mol. The standard InChI is InChI=1S/C21H30N2O3/c1-2-23(14-20(24)25)19-12-18(13-19)22-21(26)17-10-8-16(9-11-17)15-6-4-3-5-7-15/h8-11,15,18-19H,2-7,12-14H2,1H3,(H,22,26)(H,24,25). The summed E-state index contributed by atoms with van der Waals surface area (Å²) in [6.07, 6.45) is 8.15. The van der Waals surface area contributed by atoms with Crippen molar-refractivity contribution in [3.8, 4) is 0 Å². The van der Waals surface area contributed by atoms with Crippen molar-refractivity contribution in [1.29, 1.82) is 0 Å². The summed E-state index contributed by atoms with van der Waals surface area (Å²) < 4.78 is 0. The predicted molar refractivity (Wildman–Crippen MR) is 101 cm³/mol. The van der Waals surface area contributed by atoms with E-state index in [1.54, 1.807) is 0 Å². The van der Waals surface area contributed by atoms with Crippen molar-refractivity contribution in [2.45, 2.75) is 69.9 Å². The Bertz CT molecular complexity index is 617. The van der Waals surface area contributed by atoms with Crippen molar-refractivity contribution in [2.75, 3.05) is 13.1 Å². The number of amides is 1. The molecule has 2 aliphatic rings. The summed E-state index contributed by atoms with van der Waals surface area (Å²) in [5, 5.41) is 12.0. The molecule has 5 heteroatoms. The number of nitrogens with one attached hydrogen (secondary N) is 1. The average Bonchev–Trinajstić information content (AvgIpc) is 2.63. The average molecular weight is 358 g/mol. The molecule has 0 heterocycles. The number of aliphatic carboxylic acids is 1. The summed E-state index contributed by atoms with van der Waals surface area (Å²) in [5.41, 5.74) is 2.07. The van der Waals surface area contributed by atoms with Gasteiger partial charge in [0.15, 0.2) is 0 Å². The summed E-state index contributed by atoms with van der Waals surface area (Å²) in [4.78, 5) is 25.3. The van der Waals surface area contributed by atoms with Gasteiger partial charge in [0.25, 0.3) is 5.91 Å². The molecule has 2 N–H and O–H groups in total.